The Balaban J connectivity index is 2.08. The number of ether oxygens (including phenoxy) is 1. The van der Waals surface area contributed by atoms with Crippen LogP contribution in [0.25, 0.3) is 0 Å². The topological polar surface area (TPSA) is 63.2 Å². The van der Waals surface area contributed by atoms with Crippen molar-refractivity contribution in [3.05, 3.63) is 0 Å². The van der Waals surface area contributed by atoms with Crippen LogP contribution >= 0.6 is 0 Å². The van der Waals surface area contributed by atoms with Crippen LogP contribution in [0, 0.1) is 5.41 Å². The van der Waals surface area contributed by atoms with E-state index in [0.29, 0.717) is 23.3 Å². The Morgan fingerprint density at radius 2 is 1.86 bits per heavy atom. The van der Waals surface area contributed by atoms with E-state index in [1.165, 1.54) is 12.8 Å². The van der Waals surface area contributed by atoms with E-state index < -0.39 is 0 Å². The van der Waals surface area contributed by atoms with Gasteiger partial charge < -0.3 is 15.0 Å². The van der Waals surface area contributed by atoms with Crippen molar-refractivity contribution in [1.82, 2.24) is 15.0 Å². The first-order valence-corrected chi connectivity index (χ1v) is 7.73. The van der Waals surface area contributed by atoms with Crippen molar-refractivity contribution in [3.63, 3.8) is 0 Å². The first kappa shape index (κ1) is 15.8. The van der Waals surface area contributed by atoms with Crippen molar-refractivity contribution in [3.8, 4) is 6.01 Å². The Morgan fingerprint density at radius 3 is 2.43 bits per heavy atom. The molecule has 0 atom stereocenters. The van der Waals surface area contributed by atoms with Gasteiger partial charge in [-0.1, -0.05) is 13.8 Å². The summed E-state index contributed by atoms with van der Waals surface area (Å²) >= 11 is 0. The predicted molar refractivity (Wildman–Crippen MR) is 85.0 cm³/mol. The van der Waals surface area contributed by atoms with Gasteiger partial charge in [-0.2, -0.15) is 15.0 Å². The van der Waals surface area contributed by atoms with E-state index in [0.717, 1.165) is 19.4 Å². The molecule has 0 amide bonds. The van der Waals surface area contributed by atoms with Crippen molar-refractivity contribution >= 4 is 11.9 Å². The van der Waals surface area contributed by atoms with Gasteiger partial charge in [0.2, 0.25) is 11.9 Å². The van der Waals surface area contributed by atoms with Crippen LogP contribution in [0.5, 0.6) is 6.01 Å². The molecule has 0 bridgehead atoms. The Labute approximate surface area is 127 Å². The maximum absolute atomic E-state index is 6.00. The molecule has 6 heteroatoms. The van der Waals surface area contributed by atoms with Crippen LogP contribution in [0.2, 0.25) is 0 Å². The lowest BCUT2D eigenvalue weighted by molar-refractivity contribution is 0.0907. The molecular weight excluding hydrogens is 266 g/mol. The molecule has 118 valence electrons. The number of nitrogens with zero attached hydrogens (tertiary/aromatic N) is 4. The van der Waals surface area contributed by atoms with Gasteiger partial charge in [0, 0.05) is 20.6 Å². The van der Waals surface area contributed by atoms with Crippen molar-refractivity contribution in [2.45, 2.75) is 52.6 Å². The van der Waals surface area contributed by atoms with Crippen molar-refractivity contribution in [2.75, 3.05) is 30.9 Å². The normalized spacial score (nSPS) is 18.3. The van der Waals surface area contributed by atoms with Crippen LogP contribution in [0.4, 0.5) is 11.9 Å². The summed E-state index contributed by atoms with van der Waals surface area (Å²) in [5.74, 6) is 1.19. The molecule has 1 aliphatic rings. The van der Waals surface area contributed by atoms with Gasteiger partial charge in [0.25, 0.3) is 0 Å². The highest BCUT2D eigenvalue weighted by atomic mass is 16.5. The van der Waals surface area contributed by atoms with E-state index >= 15 is 0 Å². The van der Waals surface area contributed by atoms with Crippen molar-refractivity contribution in [1.29, 1.82) is 0 Å². The molecule has 1 saturated carbocycles. The van der Waals surface area contributed by atoms with Gasteiger partial charge in [0.05, 0.1) is 0 Å². The fraction of sp³-hybridized carbons (Fsp3) is 0.800. The van der Waals surface area contributed by atoms with Gasteiger partial charge in [0.1, 0.15) is 6.10 Å². The highest BCUT2D eigenvalue weighted by molar-refractivity contribution is 5.36. The zero-order valence-electron chi connectivity index (χ0n) is 13.8. The van der Waals surface area contributed by atoms with E-state index in [1.54, 1.807) is 0 Å². The van der Waals surface area contributed by atoms with Crippen molar-refractivity contribution in [2.24, 2.45) is 5.41 Å². The number of hydrogen-bond acceptors (Lipinski definition) is 6. The first-order chi connectivity index (χ1) is 9.89. The molecule has 0 unspecified atom stereocenters. The SMILES string of the molecule is CCNc1nc(OC2CCC(C)(C)CC2)nc(N(C)C)n1. The largest absolute Gasteiger partial charge is 0.460 e. The minimum atomic E-state index is 0.213. The fourth-order valence-corrected chi connectivity index (χ4v) is 2.48. The second-order valence-corrected chi connectivity index (χ2v) is 6.65. The number of nitrogens with one attached hydrogen (secondary N) is 1. The number of anilines is 2. The number of hydrogen-bond donors (Lipinski definition) is 1. The van der Waals surface area contributed by atoms with Gasteiger partial charge in [-0.15, -0.1) is 0 Å². The van der Waals surface area contributed by atoms with Crippen molar-refractivity contribution < 1.29 is 4.74 Å². The first-order valence-electron chi connectivity index (χ1n) is 7.73. The van der Waals surface area contributed by atoms with Gasteiger partial charge in [-0.05, 0) is 38.0 Å². The quantitative estimate of drug-likeness (QED) is 0.900. The third kappa shape index (κ3) is 4.44. The average Bonchev–Trinajstić information content (AvgIpc) is 2.41. The molecule has 0 aromatic carbocycles. The minimum absolute atomic E-state index is 0.213. The van der Waals surface area contributed by atoms with Gasteiger partial charge in [-0.25, -0.2) is 0 Å². The van der Waals surface area contributed by atoms with E-state index in [1.807, 2.05) is 25.9 Å². The summed E-state index contributed by atoms with van der Waals surface area (Å²) in [4.78, 5) is 15.0. The predicted octanol–water partition coefficient (Wildman–Crippen LogP) is 2.72. The molecule has 6 nitrogen and oxygen atoms in total. The molecule has 2 rings (SSSR count). The van der Waals surface area contributed by atoms with Crippen LogP contribution in [-0.2, 0) is 0 Å². The molecule has 1 aromatic rings. The second kappa shape index (κ2) is 6.45. The summed E-state index contributed by atoms with van der Waals surface area (Å²) < 4.78 is 6.00. The van der Waals surface area contributed by atoms with Crippen LogP contribution in [0.3, 0.4) is 0 Å². The summed E-state index contributed by atoms with van der Waals surface area (Å²) in [6.45, 7) is 7.43. The monoisotopic (exact) mass is 293 g/mol. The maximum Gasteiger partial charge on any atom is 0.323 e. The molecule has 1 aliphatic carbocycles. The summed E-state index contributed by atoms with van der Waals surface area (Å²) in [6.07, 6.45) is 4.70. The maximum atomic E-state index is 6.00. The Kier molecular flexibility index (Phi) is 4.85. The minimum Gasteiger partial charge on any atom is -0.460 e. The molecule has 1 heterocycles. The lowest BCUT2D eigenvalue weighted by atomic mass is 9.76. The smallest absolute Gasteiger partial charge is 0.323 e. The standard InChI is InChI=1S/C15H27N5O/c1-6-16-12-17-13(20(4)5)19-14(18-12)21-11-7-9-15(2,3)10-8-11/h11H,6-10H2,1-5H3,(H,16,17,18,19). The lowest BCUT2D eigenvalue weighted by Crippen LogP contribution is -2.29. The molecule has 1 fully saturated rings. The average molecular weight is 293 g/mol. The van der Waals surface area contributed by atoms with Gasteiger partial charge in [-0.3, -0.25) is 0 Å². The Morgan fingerprint density at radius 1 is 1.19 bits per heavy atom. The van der Waals surface area contributed by atoms with Gasteiger partial charge in [0.15, 0.2) is 0 Å². The molecule has 1 N–H and O–H groups in total. The second-order valence-electron chi connectivity index (χ2n) is 6.65. The number of rotatable bonds is 5. The molecule has 1 aromatic heterocycles. The summed E-state index contributed by atoms with van der Waals surface area (Å²) in [6, 6.07) is 0.425. The number of aromatic nitrogens is 3. The van der Waals surface area contributed by atoms with Crippen LogP contribution in [0.1, 0.15) is 46.5 Å². The Hall–Kier alpha value is -1.59. The zero-order valence-corrected chi connectivity index (χ0v) is 13.8. The van der Waals surface area contributed by atoms with E-state index in [2.05, 4.69) is 34.1 Å². The lowest BCUT2D eigenvalue weighted by Gasteiger charge is -2.33. The summed E-state index contributed by atoms with van der Waals surface area (Å²) in [5.41, 5.74) is 0.433. The van der Waals surface area contributed by atoms with Crippen LogP contribution in [0.15, 0.2) is 0 Å². The highest BCUT2D eigenvalue weighted by Gasteiger charge is 2.28. The fourth-order valence-electron chi connectivity index (χ4n) is 2.48. The van der Waals surface area contributed by atoms with Crippen LogP contribution < -0.4 is 15.0 Å². The molecule has 0 aliphatic heterocycles. The van der Waals surface area contributed by atoms with Crippen LogP contribution in [-0.4, -0.2) is 41.7 Å². The highest BCUT2D eigenvalue weighted by Crippen LogP contribution is 2.36. The van der Waals surface area contributed by atoms with E-state index in [9.17, 15) is 0 Å². The molecule has 21 heavy (non-hydrogen) atoms. The molecule has 0 spiro atoms. The van der Waals surface area contributed by atoms with Gasteiger partial charge >= 0.3 is 6.01 Å². The van der Waals surface area contributed by atoms with E-state index in [-0.39, 0.29) is 6.10 Å². The molecular formula is C15H27N5O. The third-order valence-electron chi connectivity index (χ3n) is 3.90. The summed E-state index contributed by atoms with van der Waals surface area (Å²) in [5, 5.41) is 3.12. The molecule has 0 saturated heterocycles. The third-order valence-corrected chi connectivity index (χ3v) is 3.90. The Bertz CT molecular complexity index is 465. The molecule has 0 radical (unpaired) electrons. The van der Waals surface area contributed by atoms with E-state index in [4.69, 9.17) is 4.74 Å². The summed E-state index contributed by atoms with van der Waals surface area (Å²) in [7, 11) is 3.83. The zero-order chi connectivity index (χ0) is 15.5.